The van der Waals surface area contributed by atoms with E-state index in [4.69, 9.17) is 0 Å². The van der Waals surface area contributed by atoms with Crippen molar-refractivity contribution in [1.82, 2.24) is 4.23 Å². The van der Waals surface area contributed by atoms with E-state index in [9.17, 15) is 0 Å². The maximum absolute atomic E-state index is 2.63. The normalized spacial score (nSPS) is 12.7. The molecule has 3 rings (SSSR count). The first kappa shape index (κ1) is 18.0. The number of benzene rings is 2. The van der Waals surface area contributed by atoms with Gasteiger partial charge in [0.2, 0.25) is 0 Å². The van der Waals surface area contributed by atoms with E-state index >= 15 is 0 Å². The molecule has 132 valence electrons. The summed E-state index contributed by atoms with van der Waals surface area (Å²) in [4.78, 5) is 0. The third kappa shape index (κ3) is 2.87. The highest BCUT2D eigenvalue weighted by Gasteiger charge is 2.44. The van der Waals surface area contributed by atoms with Gasteiger partial charge < -0.3 is 4.23 Å². The molecule has 0 bridgehead atoms. The predicted octanol–water partition coefficient (Wildman–Crippen LogP) is 7.33. The molecule has 2 heteroatoms. The highest BCUT2D eigenvalue weighted by atomic mass is 28.3. The quantitative estimate of drug-likeness (QED) is 0.425. The highest BCUT2D eigenvalue weighted by molar-refractivity contribution is 6.82. The smallest absolute Gasteiger partial charge is 0.168 e. The van der Waals surface area contributed by atoms with Crippen molar-refractivity contribution in [3.63, 3.8) is 0 Å². The molecule has 0 aliphatic heterocycles. The summed E-state index contributed by atoms with van der Waals surface area (Å²) in [5.74, 6) is 0. The Morgan fingerprint density at radius 3 is 1.96 bits per heavy atom. The van der Waals surface area contributed by atoms with Gasteiger partial charge >= 0.3 is 0 Å². The summed E-state index contributed by atoms with van der Waals surface area (Å²) in [6.07, 6.45) is 4.78. The third-order valence-electron chi connectivity index (χ3n) is 6.02. The minimum atomic E-state index is -1.67. The average molecular weight is 350 g/mol. The van der Waals surface area contributed by atoms with Crippen molar-refractivity contribution in [2.75, 3.05) is 0 Å². The van der Waals surface area contributed by atoms with Gasteiger partial charge in [-0.2, -0.15) is 0 Å². The molecular weight excluding hydrogens is 318 g/mol. The van der Waals surface area contributed by atoms with Gasteiger partial charge in [-0.25, -0.2) is 0 Å². The van der Waals surface area contributed by atoms with E-state index in [2.05, 4.69) is 107 Å². The van der Waals surface area contributed by atoms with Crippen molar-refractivity contribution in [1.29, 1.82) is 0 Å². The van der Waals surface area contributed by atoms with Crippen molar-refractivity contribution >= 4 is 19.0 Å². The van der Waals surface area contributed by atoms with Crippen molar-refractivity contribution in [3.8, 4) is 11.1 Å². The zero-order valence-corrected chi connectivity index (χ0v) is 17.5. The molecule has 0 aliphatic rings. The number of fused-ring (bicyclic) bond motifs is 1. The van der Waals surface area contributed by atoms with Crippen LogP contribution in [0.2, 0.25) is 16.6 Å². The van der Waals surface area contributed by atoms with Gasteiger partial charge in [0.05, 0.1) is 0 Å². The van der Waals surface area contributed by atoms with Crippen molar-refractivity contribution < 1.29 is 0 Å². The van der Waals surface area contributed by atoms with E-state index in [-0.39, 0.29) is 0 Å². The van der Waals surface area contributed by atoms with E-state index in [1.54, 1.807) is 0 Å². The fourth-order valence-corrected chi connectivity index (χ4v) is 11.7. The van der Waals surface area contributed by atoms with Gasteiger partial charge in [-0.3, -0.25) is 0 Å². The second-order valence-electron chi connectivity index (χ2n) is 8.19. The van der Waals surface area contributed by atoms with Crippen molar-refractivity contribution in [2.45, 2.75) is 58.2 Å². The molecule has 0 atom stereocenters. The summed E-state index contributed by atoms with van der Waals surface area (Å²) in [7, 11) is -1.67. The molecule has 2 aromatic carbocycles. The first-order valence-electron chi connectivity index (χ1n) is 9.55. The Balaban J connectivity index is 2.16. The lowest BCUT2D eigenvalue weighted by atomic mass is 10.0. The minimum absolute atomic E-state index is 0.709. The Labute approximate surface area is 153 Å². The van der Waals surface area contributed by atoms with Gasteiger partial charge in [0.25, 0.3) is 0 Å². The largest absolute Gasteiger partial charge is 0.379 e. The van der Waals surface area contributed by atoms with E-state index < -0.39 is 8.24 Å². The summed E-state index contributed by atoms with van der Waals surface area (Å²) < 4.78 is 2.63. The lowest BCUT2D eigenvalue weighted by Gasteiger charge is -2.44. The van der Waals surface area contributed by atoms with Gasteiger partial charge in [0.1, 0.15) is 0 Å². The van der Waals surface area contributed by atoms with Crippen LogP contribution in [0.25, 0.3) is 21.9 Å². The van der Waals surface area contributed by atoms with Crippen molar-refractivity contribution in [2.24, 2.45) is 0 Å². The molecular formula is C23H31NSi. The monoisotopic (exact) mass is 349 g/mol. The Kier molecular flexibility index (Phi) is 4.92. The standard InChI is InChI=1S/C23H31NSi/c1-17(2)25(18(3)4,19(5)6)24-15-14-21(16-24)23-13-9-11-20-10-7-8-12-22(20)23/h7-19H,1-6H3. The zero-order valence-electron chi connectivity index (χ0n) is 16.5. The molecule has 0 unspecified atom stereocenters. The number of aromatic nitrogens is 1. The summed E-state index contributed by atoms with van der Waals surface area (Å²) in [5, 5.41) is 2.65. The number of nitrogens with zero attached hydrogens (tertiary/aromatic N) is 1. The van der Waals surface area contributed by atoms with Crippen LogP contribution in [-0.4, -0.2) is 12.5 Å². The van der Waals surface area contributed by atoms with Crippen LogP contribution in [0.4, 0.5) is 0 Å². The summed E-state index contributed by atoms with van der Waals surface area (Å²) in [6.45, 7) is 14.5. The summed E-state index contributed by atoms with van der Waals surface area (Å²) >= 11 is 0. The Bertz CT molecular complexity index is 830. The lowest BCUT2D eigenvalue weighted by molar-refractivity contribution is 0.766. The fraction of sp³-hybridized carbons (Fsp3) is 0.391. The van der Waals surface area contributed by atoms with Crippen LogP contribution in [0.3, 0.4) is 0 Å². The zero-order chi connectivity index (χ0) is 18.2. The van der Waals surface area contributed by atoms with Crippen molar-refractivity contribution in [3.05, 3.63) is 60.9 Å². The Hall–Kier alpha value is -1.80. The Morgan fingerprint density at radius 2 is 1.32 bits per heavy atom. The van der Waals surface area contributed by atoms with Gasteiger partial charge in [-0.15, -0.1) is 0 Å². The average Bonchev–Trinajstić information content (AvgIpc) is 3.03. The second-order valence-corrected chi connectivity index (χ2v) is 13.9. The summed E-state index contributed by atoms with van der Waals surface area (Å²) in [5.41, 5.74) is 4.81. The number of rotatable bonds is 5. The Morgan fingerprint density at radius 1 is 0.720 bits per heavy atom. The summed E-state index contributed by atoms with van der Waals surface area (Å²) in [6, 6.07) is 17.6. The second kappa shape index (κ2) is 6.84. The lowest BCUT2D eigenvalue weighted by Crippen LogP contribution is -2.51. The number of hydrogen-bond acceptors (Lipinski definition) is 0. The first-order chi connectivity index (χ1) is 11.9. The molecule has 0 N–H and O–H groups in total. The van der Waals surface area contributed by atoms with Gasteiger partial charge in [-0.05, 0) is 50.8 Å². The molecule has 0 spiro atoms. The molecule has 1 nitrogen and oxygen atoms in total. The van der Waals surface area contributed by atoms with Crippen LogP contribution in [0.5, 0.6) is 0 Å². The van der Waals surface area contributed by atoms with Gasteiger partial charge in [0.15, 0.2) is 8.24 Å². The van der Waals surface area contributed by atoms with Crippen LogP contribution in [0.1, 0.15) is 41.5 Å². The van der Waals surface area contributed by atoms with E-state index in [0.717, 1.165) is 0 Å². The molecule has 0 amide bonds. The molecule has 0 saturated heterocycles. The van der Waals surface area contributed by atoms with Gasteiger partial charge in [-0.1, -0.05) is 84.0 Å². The first-order valence-corrected chi connectivity index (χ1v) is 11.7. The van der Waals surface area contributed by atoms with E-state index in [1.165, 1.54) is 21.9 Å². The molecule has 0 saturated carbocycles. The molecule has 0 radical (unpaired) electrons. The minimum Gasteiger partial charge on any atom is -0.379 e. The fourth-order valence-electron chi connectivity index (χ4n) is 5.17. The highest BCUT2D eigenvalue weighted by Crippen LogP contribution is 2.43. The molecule has 25 heavy (non-hydrogen) atoms. The van der Waals surface area contributed by atoms with E-state index in [1.807, 2.05) is 0 Å². The maximum Gasteiger partial charge on any atom is 0.168 e. The van der Waals surface area contributed by atoms with Crippen LogP contribution >= 0.6 is 0 Å². The maximum atomic E-state index is 2.63. The van der Waals surface area contributed by atoms with E-state index in [0.29, 0.717) is 16.6 Å². The van der Waals surface area contributed by atoms with Crippen LogP contribution < -0.4 is 0 Å². The molecule has 3 aromatic rings. The van der Waals surface area contributed by atoms with Gasteiger partial charge in [0, 0.05) is 6.20 Å². The third-order valence-corrected chi connectivity index (χ3v) is 12.7. The number of hydrogen-bond donors (Lipinski definition) is 0. The molecule has 1 heterocycles. The molecule has 0 fully saturated rings. The predicted molar refractivity (Wildman–Crippen MR) is 114 cm³/mol. The topological polar surface area (TPSA) is 4.93 Å². The van der Waals surface area contributed by atoms with Crippen LogP contribution in [0, 0.1) is 0 Å². The van der Waals surface area contributed by atoms with Crippen LogP contribution in [-0.2, 0) is 0 Å². The van der Waals surface area contributed by atoms with Crippen LogP contribution in [0.15, 0.2) is 60.9 Å². The molecule has 1 aromatic heterocycles. The molecule has 0 aliphatic carbocycles. The SMILES string of the molecule is CC(C)[Si](C(C)C)(C(C)C)n1ccc(-c2cccc3ccccc23)c1.